The van der Waals surface area contributed by atoms with E-state index in [9.17, 15) is 8.42 Å². The summed E-state index contributed by atoms with van der Waals surface area (Å²) in [4.78, 5) is 0. The van der Waals surface area contributed by atoms with Crippen LogP contribution in [-0.4, -0.2) is 33.5 Å². The number of rotatable bonds is 8. The Hall–Kier alpha value is -0.580. The van der Waals surface area contributed by atoms with E-state index in [2.05, 4.69) is 5.32 Å². The lowest BCUT2D eigenvalue weighted by molar-refractivity contribution is 0.478. The van der Waals surface area contributed by atoms with Gasteiger partial charge in [-0.3, -0.25) is 0 Å². The van der Waals surface area contributed by atoms with Crippen molar-refractivity contribution >= 4 is 21.4 Å². The molecule has 1 aromatic rings. The molecule has 1 N–H and O–H groups in total. The van der Waals surface area contributed by atoms with Crippen LogP contribution in [0.3, 0.4) is 0 Å². The van der Waals surface area contributed by atoms with Crippen molar-refractivity contribution in [2.45, 2.75) is 19.8 Å². The SMILES string of the molecule is CCS(=O)(=O)CCC(CNC)Cc1ccccc1Cl. The van der Waals surface area contributed by atoms with Gasteiger partial charge in [-0.1, -0.05) is 36.7 Å². The normalized spacial score (nSPS) is 13.4. The van der Waals surface area contributed by atoms with Gasteiger partial charge in [0, 0.05) is 10.8 Å². The Morgan fingerprint density at radius 3 is 2.58 bits per heavy atom. The topological polar surface area (TPSA) is 46.2 Å². The van der Waals surface area contributed by atoms with E-state index in [1.807, 2.05) is 31.3 Å². The maximum Gasteiger partial charge on any atom is 0.150 e. The quantitative estimate of drug-likeness (QED) is 0.803. The van der Waals surface area contributed by atoms with Crippen LogP contribution >= 0.6 is 11.6 Å². The van der Waals surface area contributed by atoms with Crippen molar-refractivity contribution in [3.05, 3.63) is 34.9 Å². The third-order valence-corrected chi connectivity index (χ3v) is 5.34. The number of halogens is 1. The smallest absolute Gasteiger partial charge is 0.150 e. The Bertz CT molecular complexity index is 488. The average Bonchev–Trinajstić information content (AvgIpc) is 2.39. The molecule has 0 aliphatic carbocycles. The van der Waals surface area contributed by atoms with Gasteiger partial charge in [0.05, 0.1) is 5.75 Å². The molecule has 108 valence electrons. The van der Waals surface area contributed by atoms with Crippen molar-refractivity contribution < 1.29 is 8.42 Å². The van der Waals surface area contributed by atoms with E-state index in [1.165, 1.54) is 0 Å². The van der Waals surface area contributed by atoms with E-state index in [1.54, 1.807) is 6.92 Å². The van der Waals surface area contributed by atoms with Gasteiger partial charge in [-0.25, -0.2) is 8.42 Å². The summed E-state index contributed by atoms with van der Waals surface area (Å²) in [7, 11) is -1.01. The maximum atomic E-state index is 11.6. The molecule has 0 saturated heterocycles. The van der Waals surface area contributed by atoms with Crippen LogP contribution < -0.4 is 5.32 Å². The Kier molecular flexibility index (Phi) is 6.83. The van der Waals surface area contributed by atoms with Crippen LogP contribution in [0.5, 0.6) is 0 Å². The minimum absolute atomic E-state index is 0.214. The number of sulfone groups is 1. The summed E-state index contributed by atoms with van der Waals surface area (Å²) in [6.45, 7) is 2.49. The molecule has 1 unspecified atom stereocenters. The summed E-state index contributed by atoms with van der Waals surface area (Å²) in [6.07, 6.45) is 1.47. The van der Waals surface area contributed by atoms with Crippen LogP contribution in [0.2, 0.25) is 5.02 Å². The monoisotopic (exact) mass is 303 g/mol. The van der Waals surface area contributed by atoms with Gasteiger partial charge in [0.25, 0.3) is 0 Å². The lowest BCUT2D eigenvalue weighted by Gasteiger charge is -2.17. The molecule has 0 fully saturated rings. The molecule has 0 aromatic heterocycles. The fraction of sp³-hybridized carbons (Fsp3) is 0.571. The number of hydrogen-bond acceptors (Lipinski definition) is 3. The second-order valence-electron chi connectivity index (χ2n) is 4.74. The highest BCUT2D eigenvalue weighted by Gasteiger charge is 2.15. The fourth-order valence-corrected chi connectivity index (χ4v) is 3.22. The highest BCUT2D eigenvalue weighted by molar-refractivity contribution is 7.91. The highest BCUT2D eigenvalue weighted by atomic mass is 35.5. The molecule has 0 aliphatic heterocycles. The first kappa shape index (κ1) is 16.5. The van der Waals surface area contributed by atoms with Crippen LogP contribution in [0, 0.1) is 5.92 Å². The maximum absolute atomic E-state index is 11.6. The molecule has 3 nitrogen and oxygen atoms in total. The largest absolute Gasteiger partial charge is 0.319 e. The predicted octanol–water partition coefficient (Wildman–Crippen LogP) is 2.54. The molecule has 1 rings (SSSR count). The summed E-state index contributed by atoms with van der Waals surface area (Å²) < 4.78 is 23.2. The average molecular weight is 304 g/mol. The summed E-state index contributed by atoms with van der Waals surface area (Å²) in [5, 5.41) is 3.88. The van der Waals surface area contributed by atoms with Gasteiger partial charge in [-0.2, -0.15) is 0 Å². The standard InChI is InChI=1S/C14H22ClNO2S/c1-3-19(17,18)9-8-12(11-16-2)10-13-6-4-5-7-14(13)15/h4-7,12,16H,3,8-11H2,1-2H3. The third kappa shape index (κ3) is 5.93. The summed E-state index contributed by atoms with van der Waals surface area (Å²) >= 11 is 6.15. The van der Waals surface area contributed by atoms with Gasteiger partial charge >= 0.3 is 0 Å². The van der Waals surface area contributed by atoms with E-state index >= 15 is 0 Å². The number of hydrogen-bond donors (Lipinski definition) is 1. The van der Waals surface area contributed by atoms with Gasteiger partial charge in [-0.15, -0.1) is 0 Å². The zero-order valence-electron chi connectivity index (χ0n) is 11.5. The van der Waals surface area contributed by atoms with Crippen molar-refractivity contribution in [1.82, 2.24) is 5.32 Å². The van der Waals surface area contributed by atoms with Crippen LogP contribution in [0.4, 0.5) is 0 Å². The van der Waals surface area contributed by atoms with Gasteiger partial charge in [0.15, 0.2) is 0 Å². The highest BCUT2D eigenvalue weighted by Crippen LogP contribution is 2.20. The fourth-order valence-electron chi connectivity index (χ4n) is 2.03. The van der Waals surface area contributed by atoms with Gasteiger partial charge in [0.2, 0.25) is 0 Å². The van der Waals surface area contributed by atoms with E-state index in [4.69, 9.17) is 11.6 Å². The molecule has 5 heteroatoms. The Labute approximate surface area is 121 Å². The Balaban J connectivity index is 2.66. The zero-order chi connectivity index (χ0) is 14.3. The second kappa shape index (κ2) is 7.88. The second-order valence-corrected chi connectivity index (χ2v) is 7.62. The lowest BCUT2D eigenvalue weighted by Crippen LogP contribution is -2.24. The molecule has 0 amide bonds. The predicted molar refractivity (Wildman–Crippen MR) is 81.5 cm³/mol. The molecular formula is C14H22ClNO2S. The van der Waals surface area contributed by atoms with Crippen molar-refractivity contribution in [3.63, 3.8) is 0 Å². The Morgan fingerprint density at radius 2 is 2.00 bits per heavy atom. The van der Waals surface area contributed by atoms with E-state index < -0.39 is 9.84 Å². The molecule has 19 heavy (non-hydrogen) atoms. The molecule has 0 radical (unpaired) electrons. The van der Waals surface area contributed by atoms with Crippen LogP contribution in [-0.2, 0) is 16.3 Å². The molecule has 0 heterocycles. The summed E-state index contributed by atoms with van der Waals surface area (Å²) in [5.74, 6) is 0.747. The summed E-state index contributed by atoms with van der Waals surface area (Å²) in [5.41, 5.74) is 1.08. The number of nitrogens with one attached hydrogen (secondary N) is 1. The first-order chi connectivity index (χ1) is 8.98. The number of benzene rings is 1. The van der Waals surface area contributed by atoms with E-state index in [0.717, 1.165) is 23.6 Å². The van der Waals surface area contributed by atoms with Crippen molar-refractivity contribution in [2.24, 2.45) is 5.92 Å². The van der Waals surface area contributed by atoms with E-state index in [0.29, 0.717) is 6.42 Å². The van der Waals surface area contributed by atoms with Crippen molar-refractivity contribution in [2.75, 3.05) is 25.1 Å². The minimum Gasteiger partial charge on any atom is -0.319 e. The van der Waals surface area contributed by atoms with Crippen LogP contribution in [0.15, 0.2) is 24.3 Å². The molecule has 0 aliphatic rings. The van der Waals surface area contributed by atoms with Crippen LogP contribution in [0.25, 0.3) is 0 Å². The zero-order valence-corrected chi connectivity index (χ0v) is 13.1. The van der Waals surface area contributed by atoms with Gasteiger partial charge < -0.3 is 5.32 Å². The molecule has 0 bridgehead atoms. The lowest BCUT2D eigenvalue weighted by atomic mass is 9.97. The van der Waals surface area contributed by atoms with Gasteiger partial charge in [-0.05, 0) is 44.0 Å². The Morgan fingerprint density at radius 1 is 1.32 bits per heavy atom. The molecule has 0 spiro atoms. The third-order valence-electron chi connectivity index (χ3n) is 3.24. The molecular weight excluding hydrogens is 282 g/mol. The van der Waals surface area contributed by atoms with Crippen LogP contribution in [0.1, 0.15) is 18.9 Å². The van der Waals surface area contributed by atoms with E-state index in [-0.39, 0.29) is 17.4 Å². The molecule has 1 aromatic carbocycles. The van der Waals surface area contributed by atoms with Gasteiger partial charge in [0.1, 0.15) is 9.84 Å². The van der Waals surface area contributed by atoms with Crippen molar-refractivity contribution in [1.29, 1.82) is 0 Å². The first-order valence-corrected chi connectivity index (χ1v) is 8.77. The molecule has 1 atom stereocenters. The first-order valence-electron chi connectivity index (χ1n) is 6.57. The summed E-state index contributed by atoms with van der Waals surface area (Å²) in [6, 6.07) is 7.73. The van der Waals surface area contributed by atoms with Crippen molar-refractivity contribution in [3.8, 4) is 0 Å². The molecule has 0 saturated carbocycles. The minimum atomic E-state index is -2.90.